The third-order valence-corrected chi connectivity index (χ3v) is 3.37. The lowest BCUT2D eigenvalue weighted by molar-refractivity contribution is 0.454. The molecule has 1 aromatic heterocycles. The summed E-state index contributed by atoms with van der Waals surface area (Å²) in [6.07, 6.45) is 5.81. The van der Waals surface area contributed by atoms with Gasteiger partial charge < -0.3 is 5.32 Å². The van der Waals surface area contributed by atoms with Gasteiger partial charge in [-0.3, -0.25) is 4.68 Å². The molecule has 1 N–H and O–H groups in total. The molecule has 0 radical (unpaired) electrons. The van der Waals surface area contributed by atoms with E-state index in [0.717, 1.165) is 12.5 Å². The zero-order valence-electron chi connectivity index (χ0n) is 12.0. The Bertz CT molecular complexity index is 328. The highest BCUT2D eigenvalue weighted by atomic mass is 15.3. The van der Waals surface area contributed by atoms with E-state index in [1.54, 1.807) is 0 Å². The summed E-state index contributed by atoms with van der Waals surface area (Å²) in [6, 6.07) is 0.465. The molecule has 1 heterocycles. The number of aryl methyl sites for hydroxylation is 1. The highest BCUT2D eigenvalue weighted by Crippen LogP contribution is 2.23. The molecule has 0 aliphatic carbocycles. The standard InChI is InChI=1S/C14H27N3/c1-6-15-14(9-7-8-11(2)3)13-10-16-17(5)12(13)4/h10-11,14-15H,6-9H2,1-5H3. The lowest BCUT2D eigenvalue weighted by atomic mass is 9.98. The average Bonchev–Trinajstić information content (AvgIpc) is 2.58. The number of hydrogen-bond acceptors (Lipinski definition) is 2. The predicted octanol–water partition coefficient (Wildman–Crippen LogP) is 3.21. The topological polar surface area (TPSA) is 29.9 Å². The fraction of sp³-hybridized carbons (Fsp3) is 0.786. The maximum absolute atomic E-state index is 4.34. The minimum Gasteiger partial charge on any atom is -0.310 e. The van der Waals surface area contributed by atoms with Gasteiger partial charge in [0, 0.05) is 24.3 Å². The molecule has 1 unspecified atom stereocenters. The quantitative estimate of drug-likeness (QED) is 0.789. The van der Waals surface area contributed by atoms with Crippen molar-refractivity contribution in [3.8, 4) is 0 Å². The zero-order valence-corrected chi connectivity index (χ0v) is 12.0. The van der Waals surface area contributed by atoms with Crippen LogP contribution in [0.1, 0.15) is 57.3 Å². The van der Waals surface area contributed by atoms with Crippen molar-refractivity contribution < 1.29 is 0 Å². The molecule has 1 aromatic rings. The molecule has 0 aromatic carbocycles. The minimum absolute atomic E-state index is 0.465. The number of aromatic nitrogens is 2. The van der Waals surface area contributed by atoms with E-state index in [2.05, 4.69) is 38.1 Å². The van der Waals surface area contributed by atoms with Crippen LogP contribution >= 0.6 is 0 Å². The predicted molar refractivity (Wildman–Crippen MR) is 73.1 cm³/mol. The molecule has 0 aliphatic rings. The molecule has 17 heavy (non-hydrogen) atoms. The second kappa shape index (κ2) is 6.80. The zero-order chi connectivity index (χ0) is 12.8. The van der Waals surface area contributed by atoms with Crippen LogP contribution in [0, 0.1) is 12.8 Å². The Kier molecular flexibility index (Phi) is 5.69. The molecular formula is C14H27N3. The van der Waals surface area contributed by atoms with Crippen LogP contribution in [0.25, 0.3) is 0 Å². The SMILES string of the molecule is CCNC(CCCC(C)C)c1cnn(C)c1C. The van der Waals surface area contributed by atoms with Crippen molar-refractivity contribution >= 4 is 0 Å². The van der Waals surface area contributed by atoms with E-state index in [0.29, 0.717) is 6.04 Å². The summed E-state index contributed by atoms with van der Waals surface area (Å²) in [7, 11) is 2.01. The molecule has 0 aliphatic heterocycles. The molecule has 0 amide bonds. The molecule has 0 fully saturated rings. The number of hydrogen-bond donors (Lipinski definition) is 1. The third-order valence-electron chi connectivity index (χ3n) is 3.37. The van der Waals surface area contributed by atoms with Crippen molar-refractivity contribution in [1.82, 2.24) is 15.1 Å². The second-order valence-electron chi connectivity index (χ2n) is 5.24. The van der Waals surface area contributed by atoms with Crippen molar-refractivity contribution in [1.29, 1.82) is 0 Å². The highest BCUT2D eigenvalue weighted by molar-refractivity contribution is 5.20. The van der Waals surface area contributed by atoms with Crippen LogP contribution in [0.4, 0.5) is 0 Å². The molecule has 1 rings (SSSR count). The van der Waals surface area contributed by atoms with E-state index in [-0.39, 0.29) is 0 Å². The van der Waals surface area contributed by atoms with Crippen LogP contribution in [0.15, 0.2) is 6.20 Å². The highest BCUT2D eigenvalue weighted by Gasteiger charge is 2.15. The minimum atomic E-state index is 0.465. The van der Waals surface area contributed by atoms with Gasteiger partial charge in [0.05, 0.1) is 6.20 Å². The summed E-state index contributed by atoms with van der Waals surface area (Å²) < 4.78 is 1.96. The van der Waals surface area contributed by atoms with Gasteiger partial charge in [0.15, 0.2) is 0 Å². The maximum atomic E-state index is 4.34. The number of nitrogens with one attached hydrogen (secondary N) is 1. The summed E-state index contributed by atoms with van der Waals surface area (Å²) >= 11 is 0. The average molecular weight is 237 g/mol. The van der Waals surface area contributed by atoms with E-state index < -0.39 is 0 Å². The largest absolute Gasteiger partial charge is 0.310 e. The van der Waals surface area contributed by atoms with Crippen LogP contribution in [-0.2, 0) is 7.05 Å². The van der Waals surface area contributed by atoms with Crippen molar-refractivity contribution in [2.45, 2.75) is 53.0 Å². The third kappa shape index (κ3) is 4.15. The van der Waals surface area contributed by atoms with E-state index in [1.807, 2.05) is 17.9 Å². The van der Waals surface area contributed by atoms with Gasteiger partial charge in [0.25, 0.3) is 0 Å². The first kappa shape index (κ1) is 14.2. The lowest BCUT2D eigenvalue weighted by Crippen LogP contribution is -2.21. The summed E-state index contributed by atoms with van der Waals surface area (Å²) in [6.45, 7) is 9.91. The molecule has 98 valence electrons. The Morgan fingerprint density at radius 2 is 2.06 bits per heavy atom. The summed E-state index contributed by atoms with van der Waals surface area (Å²) in [4.78, 5) is 0. The Morgan fingerprint density at radius 1 is 1.35 bits per heavy atom. The van der Waals surface area contributed by atoms with E-state index in [9.17, 15) is 0 Å². The van der Waals surface area contributed by atoms with Gasteiger partial charge in [-0.2, -0.15) is 5.10 Å². The molecule has 3 nitrogen and oxygen atoms in total. The molecule has 3 heteroatoms. The van der Waals surface area contributed by atoms with Crippen molar-refractivity contribution in [3.05, 3.63) is 17.5 Å². The van der Waals surface area contributed by atoms with Crippen LogP contribution < -0.4 is 5.32 Å². The molecule has 0 bridgehead atoms. The Hall–Kier alpha value is -0.830. The second-order valence-corrected chi connectivity index (χ2v) is 5.24. The molecule has 0 spiro atoms. The van der Waals surface area contributed by atoms with Crippen LogP contribution in [0.3, 0.4) is 0 Å². The van der Waals surface area contributed by atoms with Gasteiger partial charge in [-0.25, -0.2) is 0 Å². The van der Waals surface area contributed by atoms with Crippen molar-refractivity contribution in [2.75, 3.05) is 6.54 Å². The van der Waals surface area contributed by atoms with Gasteiger partial charge in [-0.15, -0.1) is 0 Å². The first-order chi connectivity index (χ1) is 8.06. The van der Waals surface area contributed by atoms with Gasteiger partial charge in [0.2, 0.25) is 0 Å². The van der Waals surface area contributed by atoms with E-state index in [4.69, 9.17) is 0 Å². The maximum Gasteiger partial charge on any atom is 0.0540 e. The summed E-state index contributed by atoms with van der Waals surface area (Å²) in [5, 5.41) is 7.91. The van der Waals surface area contributed by atoms with Gasteiger partial charge in [-0.1, -0.05) is 33.6 Å². The van der Waals surface area contributed by atoms with Gasteiger partial charge >= 0.3 is 0 Å². The normalized spacial score (nSPS) is 13.3. The fourth-order valence-electron chi connectivity index (χ4n) is 2.20. The first-order valence-corrected chi connectivity index (χ1v) is 6.78. The summed E-state index contributed by atoms with van der Waals surface area (Å²) in [5.74, 6) is 0.798. The number of rotatable bonds is 7. The fourth-order valence-corrected chi connectivity index (χ4v) is 2.20. The molecule has 1 atom stereocenters. The van der Waals surface area contributed by atoms with Gasteiger partial charge in [-0.05, 0) is 25.8 Å². The van der Waals surface area contributed by atoms with Crippen LogP contribution in [0.5, 0.6) is 0 Å². The van der Waals surface area contributed by atoms with E-state index in [1.165, 1.54) is 30.5 Å². The molecular weight excluding hydrogens is 210 g/mol. The van der Waals surface area contributed by atoms with E-state index >= 15 is 0 Å². The van der Waals surface area contributed by atoms with Gasteiger partial charge in [0.1, 0.15) is 0 Å². The van der Waals surface area contributed by atoms with Crippen LogP contribution in [0.2, 0.25) is 0 Å². The monoisotopic (exact) mass is 237 g/mol. The molecule has 0 saturated carbocycles. The number of nitrogens with zero attached hydrogens (tertiary/aromatic N) is 2. The Balaban J connectivity index is 2.62. The first-order valence-electron chi connectivity index (χ1n) is 6.78. The Morgan fingerprint density at radius 3 is 2.53 bits per heavy atom. The summed E-state index contributed by atoms with van der Waals surface area (Å²) in [5.41, 5.74) is 2.64. The molecule has 0 saturated heterocycles. The lowest BCUT2D eigenvalue weighted by Gasteiger charge is -2.18. The van der Waals surface area contributed by atoms with Crippen molar-refractivity contribution in [3.63, 3.8) is 0 Å². The van der Waals surface area contributed by atoms with Crippen molar-refractivity contribution in [2.24, 2.45) is 13.0 Å². The Labute approximate surface area is 106 Å². The smallest absolute Gasteiger partial charge is 0.0540 e. The van der Waals surface area contributed by atoms with Crippen LogP contribution in [-0.4, -0.2) is 16.3 Å².